The Hall–Kier alpha value is -1.68. The summed E-state index contributed by atoms with van der Waals surface area (Å²) >= 11 is 0. The van der Waals surface area contributed by atoms with Gasteiger partial charge in [0.15, 0.2) is 6.29 Å². The number of hydrogen-bond donors (Lipinski definition) is 0. The molecule has 3 atom stereocenters. The summed E-state index contributed by atoms with van der Waals surface area (Å²) in [5.41, 5.74) is 7.21. The molecule has 3 fully saturated rings. The van der Waals surface area contributed by atoms with Crippen molar-refractivity contribution in [3.05, 3.63) is 70.3 Å². The molecule has 2 heterocycles. The summed E-state index contributed by atoms with van der Waals surface area (Å²) in [4.78, 5) is 0. The number of fused-ring (bicyclic) bond motifs is 1. The molecule has 1 saturated carbocycles. The lowest BCUT2D eigenvalue weighted by Crippen LogP contribution is -2.27. The van der Waals surface area contributed by atoms with Crippen molar-refractivity contribution in [1.29, 1.82) is 0 Å². The molecule has 43 heavy (non-hydrogen) atoms. The van der Waals surface area contributed by atoms with E-state index < -0.39 is 0 Å². The van der Waals surface area contributed by atoms with Crippen LogP contribution in [0.2, 0.25) is 0 Å². The number of hydrogen-bond acceptors (Lipinski definition) is 3. The topological polar surface area (TPSA) is 27.7 Å². The normalized spacial score (nSPS) is 29.5. The zero-order valence-corrected chi connectivity index (χ0v) is 29.6. The molecule has 0 aromatic heterocycles. The zero-order chi connectivity index (χ0) is 31.8. The van der Waals surface area contributed by atoms with Gasteiger partial charge in [0.25, 0.3) is 0 Å². The molecule has 3 heteroatoms. The lowest BCUT2D eigenvalue weighted by atomic mass is 9.84. The summed E-state index contributed by atoms with van der Waals surface area (Å²) in [6, 6.07) is 15.3. The molecule has 0 N–H and O–H groups in total. The Bertz CT molecular complexity index is 877. The van der Waals surface area contributed by atoms with Crippen LogP contribution in [0.15, 0.2) is 42.5 Å². The second kappa shape index (κ2) is 20.4. The highest BCUT2D eigenvalue weighted by Crippen LogP contribution is 2.27. The van der Waals surface area contributed by atoms with E-state index in [2.05, 4.69) is 105 Å². The molecule has 2 aromatic carbocycles. The average molecular weight is 595 g/mol. The van der Waals surface area contributed by atoms with E-state index in [1.54, 1.807) is 11.1 Å². The fourth-order valence-electron chi connectivity index (χ4n) is 5.74. The third-order valence-corrected chi connectivity index (χ3v) is 8.98. The molecule has 0 spiro atoms. The van der Waals surface area contributed by atoms with Crippen molar-refractivity contribution in [2.45, 2.75) is 133 Å². The highest BCUT2D eigenvalue weighted by molar-refractivity contribution is 5.35. The molecule has 3 unspecified atom stereocenters. The van der Waals surface area contributed by atoms with Crippen molar-refractivity contribution in [2.24, 2.45) is 29.6 Å². The maximum absolute atomic E-state index is 5.39. The molecule has 0 amide bonds. The second-order valence-electron chi connectivity index (χ2n) is 14.5. The van der Waals surface area contributed by atoms with E-state index in [0.29, 0.717) is 12.0 Å². The predicted molar refractivity (Wildman–Crippen MR) is 185 cm³/mol. The molecule has 0 radical (unpaired) electrons. The molecular formula is C40H66O3. The van der Waals surface area contributed by atoms with Gasteiger partial charge in [-0.15, -0.1) is 0 Å². The van der Waals surface area contributed by atoms with Gasteiger partial charge in [-0.1, -0.05) is 119 Å². The first-order chi connectivity index (χ1) is 20.4. The largest absolute Gasteiger partial charge is 0.378 e. The lowest BCUT2D eigenvalue weighted by molar-refractivity contribution is -0.187. The first-order valence-corrected chi connectivity index (χ1v) is 17.4. The zero-order valence-electron chi connectivity index (χ0n) is 29.6. The number of aryl methyl sites for hydroxylation is 3. The smallest absolute Gasteiger partial charge is 0.154 e. The first kappa shape index (κ1) is 37.5. The quantitative estimate of drug-likeness (QED) is 0.304. The average Bonchev–Trinajstić information content (AvgIpc) is 3.35. The van der Waals surface area contributed by atoms with Crippen LogP contribution in [0.25, 0.3) is 0 Å². The van der Waals surface area contributed by atoms with Crippen LogP contribution < -0.4 is 0 Å². The van der Waals surface area contributed by atoms with Crippen LogP contribution in [0.4, 0.5) is 0 Å². The molecule has 3 nitrogen and oxygen atoms in total. The van der Waals surface area contributed by atoms with Crippen molar-refractivity contribution in [1.82, 2.24) is 0 Å². The molecule has 244 valence electrons. The van der Waals surface area contributed by atoms with Gasteiger partial charge in [-0.25, -0.2) is 0 Å². The van der Waals surface area contributed by atoms with Crippen molar-refractivity contribution in [2.75, 3.05) is 19.8 Å². The van der Waals surface area contributed by atoms with Crippen LogP contribution >= 0.6 is 0 Å². The molecule has 4 aliphatic rings. The fraction of sp³-hybridized carbons (Fsp3) is 0.700. The van der Waals surface area contributed by atoms with Crippen LogP contribution in [0, 0.1) is 50.4 Å². The SMILES string of the molecule is CC1CCC(C)CC1.CC1CCC(C)OC1.CC1COC(C)OC1.Cc1ccc(C)cc1.Cc1ccc2c(c1)CC(C)C2. The summed E-state index contributed by atoms with van der Waals surface area (Å²) in [6.07, 6.45) is 11.6. The van der Waals surface area contributed by atoms with E-state index in [4.69, 9.17) is 14.2 Å². The standard InChI is InChI=1S/C11H14.C8H16.C8H10.C7H14O.C6H12O2/c1-8-3-4-10-6-9(2)7-11(10)5-8;2*1-7-3-5-8(2)6-4-7;1-6-3-4-7(2)8-5-6;1-5-3-7-6(2)8-4-5/h3-5,9H,6-7H2,1-2H3;7-8H,3-6H2,1-2H3;3-6H,1-2H3;6-7H,3-5H2,1-2H3;5-6H,3-4H2,1-2H3. The van der Waals surface area contributed by atoms with Gasteiger partial charge in [-0.05, 0) is 95.1 Å². The molecule has 2 saturated heterocycles. The summed E-state index contributed by atoms with van der Waals surface area (Å²) in [6.45, 7) is 24.5. The molecule has 6 rings (SSSR count). The minimum Gasteiger partial charge on any atom is -0.378 e. The predicted octanol–water partition coefficient (Wildman–Crippen LogP) is 10.7. The lowest BCUT2D eigenvalue weighted by Gasteiger charge is -2.24. The Labute approximate surface area is 266 Å². The van der Waals surface area contributed by atoms with Crippen LogP contribution in [0.3, 0.4) is 0 Å². The first-order valence-electron chi connectivity index (χ1n) is 17.4. The van der Waals surface area contributed by atoms with Gasteiger partial charge in [0.05, 0.1) is 19.3 Å². The van der Waals surface area contributed by atoms with Gasteiger partial charge in [0, 0.05) is 12.5 Å². The Morgan fingerprint density at radius 2 is 0.884 bits per heavy atom. The second-order valence-corrected chi connectivity index (χ2v) is 14.5. The van der Waals surface area contributed by atoms with Crippen LogP contribution in [-0.2, 0) is 27.1 Å². The number of ether oxygens (including phenoxy) is 3. The van der Waals surface area contributed by atoms with Gasteiger partial charge in [0.1, 0.15) is 0 Å². The van der Waals surface area contributed by atoms with E-state index in [1.165, 1.54) is 68.1 Å². The maximum Gasteiger partial charge on any atom is 0.154 e. The molecular weight excluding hydrogens is 528 g/mol. The molecule has 2 aliphatic heterocycles. The van der Waals surface area contributed by atoms with Crippen molar-refractivity contribution in [3.8, 4) is 0 Å². The fourth-order valence-corrected chi connectivity index (χ4v) is 5.74. The third-order valence-electron chi connectivity index (χ3n) is 8.98. The Kier molecular flexibility index (Phi) is 17.8. The van der Waals surface area contributed by atoms with Crippen LogP contribution in [0.5, 0.6) is 0 Å². The summed E-state index contributed by atoms with van der Waals surface area (Å²) in [7, 11) is 0. The maximum atomic E-state index is 5.39. The summed E-state index contributed by atoms with van der Waals surface area (Å²) in [5.74, 6) is 4.28. The van der Waals surface area contributed by atoms with Gasteiger partial charge in [-0.2, -0.15) is 0 Å². The Morgan fingerprint density at radius 1 is 0.442 bits per heavy atom. The van der Waals surface area contributed by atoms with E-state index in [1.807, 2.05) is 6.92 Å². The Balaban J connectivity index is 0.000000189. The Morgan fingerprint density at radius 3 is 1.33 bits per heavy atom. The third kappa shape index (κ3) is 16.8. The molecule has 2 aromatic rings. The highest BCUT2D eigenvalue weighted by atomic mass is 16.7. The van der Waals surface area contributed by atoms with E-state index in [-0.39, 0.29) is 6.29 Å². The summed E-state index contributed by atoms with van der Waals surface area (Å²) in [5, 5.41) is 0. The van der Waals surface area contributed by atoms with E-state index in [0.717, 1.165) is 43.5 Å². The monoisotopic (exact) mass is 595 g/mol. The van der Waals surface area contributed by atoms with Gasteiger partial charge in [-0.3, -0.25) is 0 Å². The molecule has 2 aliphatic carbocycles. The van der Waals surface area contributed by atoms with Crippen LogP contribution in [0.1, 0.15) is 115 Å². The molecule has 0 bridgehead atoms. The van der Waals surface area contributed by atoms with Gasteiger partial charge < -0.3 is 14.2 Å². The number of rotatable bonds is 0. The van der Waals surface area contributed by atoms with Crippen molar-refractivity contribution in [3.63, 3.8) is 0 Å². The van der Waals surface area contributed by atoms with Gasteiger partial charge >= 0.3 is 0 Å². The van der Waals surface area contributed by atoms with Crippen LogP contribution in [-0.4, -0.2) is 32.2 Å². The van der Waals surface area contributed by atoms with Crippen molar-refractivity contribution < 1.29 is 14.2 Å². The van der Waals surface area contributed by atoms with E-state index >= 15 is 0 Å². The number of benzene rings is 2. The van der Waals surface area contributed by atoms with E-state index in [9.17, 15) is 0 Å². The highest BCUT2D eigenvalue weighted by Gasteiger charge is 2.17. The minimum atomic E-state index is 0.0196. The summed E-state index contributed by atoms with van der Waals surface area (Å²) < 4.78 is 15.7. The van der Waals surface area contributed by atoms with Gasteiger partial charge in [0.2, 0.25) is 0 Å². The minimum absolute atomic E-state index is 0.0196. The van der Waals surface area contributed by atoms with Crippen molar-refractivity contribution >= 4 is 0 Å².